The lowest BCUT2D eigenvalue weighted by Crippen LogP contribution is -2.46. The molecule has 0 saturated heterocycles. The van der Waals surface area contributed by atoms with Crippen molar-refractivity contribution in [3.63, 3.8) is 0 Å². The zero-order chi connectivity index (χ0) is 31.4. The number of carbonyl (C=O) groups is 2. The van der Waals surface area contributed by atoms with Crippen molar-refractivity contribution in [1.82, 2.24) is 14.8 Å². The predicted molar refractivity (Wildman–Crippen MR) is 168 cm³/mol. The summed E-state index contributed by atoms with van der Waals surface area (Å²) in [5.41, 5.74) is 8.23. The van der Waals surface area contributed by atoms with Crippen LogP contribution in [0.4, 0.5) is 13.6 Å². The van der Waals surface area contributed by atoms with E-state index in [-0.39, 0.29) is 18.1 Å². The number of nitrogens with two attached hydrogens (primary N) is 1. The minimum atomic E-state index is -1.04. The smallest absolute Gasteiger partial charge is 0.409 e. The SMILES string of the molecule is CN(C)C(=O)OC[C@H](c1ccc(Cl)c(-c2ncc(-c3ccccc3)s2)c1)N(C(=O)c1cc(F)cc(F)c1)C(N)=NCC1CC1. The Balaban J connectivity index is 1.59. The van der Waals surface area contributed by atoms with E-state index in [1.165, 1.54) is 30.3 Å². The number of ether oxygens (including phenoxy) is 1. The maximum atomic E-state index is 14.2. The van der Waals surface area contributed by atoms with E-state index in [1.807, 2.05) is 30.3 Å². The van der Waals surface area contributed by atoms with Crippen molar-refractivity contribution in [3.8, 4) is 21.0 Å². The van der Waals surface area contributed by atoms with E-state index in [9.17, 15) is 18.4 Å². The highest BCUT2D eigenvalue weighted by Gasteiger charge is 2.33. The van der Waals surface area contributed by atoms with Gasteiger partial charge in [0.2, 0.25) is 0 Å². The first-order chi connectivity index (χ1) is 21.1. The molecule has 5 rings (SSSR count). The third kappa shape index (κ3) is 7.40. The summed E-state index contributed by atoms with van der Waals surface area (Å²) >= 11 is 8.08. The van der Waals surface area contributed by atoms with E-state index >= 15 is 0 Å². The number of aromatic nitrogens is 1. The number of benzene rings is 3. The van der Waals surface area contributed by atoms with Crippen molar-refractivity contribution in [2.24, 2.45) is 16.6 Å². The fourth-order valence-electron chi connectivity index (χ4n) is 4.47. The van der Waals surface area contributed by atoms with Crippen LogP contribution in [0.15, 0.2) is 77.9 Å². The van der Waals surface area contributed by atoms with Crippen molar-refractivity contribution < 1.29 is 23.1 Å². The Bertz CT molecular complexity index is 1670. The maximum absolute atomic E-state index is 14.2. The molecule has 0 unspecified atom stereocenters. The Morgan fingerprint density at radius 2 is 1.80 bits per heavy atom. The second-order valence-electron chi connectivity index (χ2n) is 10.6. The van der Waals surface area contributed by atoms with Crippen molar-refractivity contribution >= 4 is 40.9 Å². The molecule has 12 heteroatoms. The molecule has 2 amide bonds. The quantitative estimate of drug-likeness (QED) is 0.157. The first-order valence-corrected chi connectivity index (χ1v) is 15.0. The second kappa shape index (κ2) is 13.5. The molecule has 4 aromatic rings. The Kier molecular flexibility index (Phi) is 9.55. The molecule has 1 atom stereocenters. The molecule has 0 bridgehead atoms. The Labute approximate surface area is 262 Å². The topological polar surface area (TPSA) is 101 Å². The summed E-state index contributed by atoms with van der Waals surface area (Å²) in [4.78, 5) is 38.8. The van der Waals surface area contributed by atoms with Gasteiger partial charge in [-0.2, -0.15) is 0 Å². The minimum absolute atomic E-state index is 0.172. The molecule has 8 nitrogen and oxygen atoms in total. The van der Waals surface area contributed by atoms with Gasteiger partial charge in [0.1, 0.15) is 23.2 Å². The van der Waals surface area contributed by atoms with Crippen LogP contribution in [0.1, 0.15) is 34.8 Å². The van der Waals surface area contributed by atoms with Gasteiger partial charge in [-0.1, -0.05) is 48.0 Å². The summed E-state index contributed by atoms with van der Waals surface area (Å²) in [6, 6.07) is 16.3. The number of guanidine groups is 1. The molecular weight excluding hydrogens is 608 g/mol. The number of hydrogen-bond donors (Lipinski definition) is 1. The Hall–Kier alpha value is -4.35. The highest BCUT2D eigenvalue weighted by Crippen LogP contribution is 2.38. The van der Waals surface area contributed by atoms with Crippen LogP contribution in [0.5, 0.6) is 0 Å². The van der Waals surface area contributed by atoms with E-state index in [1.54, 1.807) is 24.4 Å². The predicted octanol–water partition coefficient (Wildman–Crippen LogP) is 7.02. The summed E-state index contributed by atoms with van der Waals surface area (Å²) in [6.45, 7) is 0.0407. The molecule has 1 heterocycles. The average Bonchev–Trinajstić information content (AvgIpc) is 3.71. The summed E-state index contributed by atoms with van der Waals surface area (Å²) in [6.07, 6.45) is 3.08. The lowest BCUT2D eigenvalue weighted by atomic mass is 10.0. The molecule has 1 aliphatic rings. The summed E-state index contributed by atoms with van der Waals surface area (Å²) in [5.74, 6) is -2.50. The van der Waals surface area contributed by atoms with Gasteiger partial charge in [0.05, 0.1) is 15.9 Å². The van der Waals surface area contributed by atoms with Crippen LogP contribution in [0.3, 0.4) is 0 Å². The average molecular weight is 638 g/mol. The van der Waals surface area contributed by atoms with E-state index in [2.05, 4.69) is 9.98 Å². The molecule has 0 spiro atoms. The van der Waals surface area contributed by atoms with Crippen molar-refractivity contribution in [1.29, 1.82) is 0 Å². The molecule has 2 N–H and O–H groups in total. The Morgan fingerprint density at radius 1 is 1.09 bits per heavy atom. The van der Waals surface area contributed by atoms with Crippen LogP contribution in [-0.2, 0) is 4.74 Å². The van der Waals surface area contributed by atoms with Crippen LogP contribution < -0.4 is 5.73 Å². The number of nitrogens with zero attached hydrogens (tertiary/aromatic N) is 4. The van der Waals surface area contributed by atoms with Gasteiger partial charge in [-0.25, -0.2) is 18.6 Å². The van der Waals surface area contributed by atoms with Crippen LogP contribution in [0, 0.1) is 17.6 Å². The number of rotatable bonds is 9. The molecule has 1 aliphatic carbocycles. The Morgan fingerprint density at radius 3 is 2.45 bits per heavy atom. The van der Waals surface area contributed by atoms with Gasteiger partial charge in [-0.05, 0) is 54.2 Å². The van der Waals surface area contributed by atoms with Gasteiger partial charge in [0.15, 0.2) is 5.96 Å². The largest absolute Gasteiger partial charge is 0.447 e. The van der Waals surface area contributed by atoms with Crippen LogP contribution in [0.25, 0.3) is 21.0 Å². The highest BCUT2D eigenvalue weighted by molar-refractivity contribution is 7.18. The monoisotopic (exact) mass is 637 g/mol. The number of carbonyl (C=O) groups excluding carboxylic acids is 2. The standard InChI is InChI=1S/C32H30ClF2N5O3S/c1-39(2)32(42)43-18-27(40(31(36)38-16-19-8-9-19)30(41)22-12-23(34)15-24(35)13-22)21-10-11-26(33)25(14-21)29-37-17-28(44-29)20-6-4-3-5-7-20/h3-7,10-15,17,19,27H,8-9,16,18H2,1-2H3,(H2,36,38)/t27-/m1/s1. The molecule has 0 radical (unpaired) electrons. The van der Waals surface area contributed by atoms with E-state index in [0.29, 0.717) is 39.7 Å². The van der Waals surface area contributed by atoms with E-state index < -0.39 is 29.7 Å². The number of hydrogen-bond acceptors (Lipinski definition) is 6. The molecule has 0 aliphatic heterocycles. The third-order valence-corrected chi connectivity index (χ3v) is 8.40. The van der Waals surface area contributed by atoms with Crippen LogP contribution in [-0.4, -0.2) is 60.0 Å². The highest BCUT2D eigenvalue weighted by atomic mass is 35.5. The first kappa shape index (κ1) is 31.1. The molecule has 44 heavy (non-hydrogen) atoms. The molecule has 1 fully saturated rings. The maximum Gasteiger partial charge on any atom is 0.409 e. The van der Waals surface area contributed by atoms with Gasteiger partial charge in [-0.3, -0.25) is 14.7 Å². The van der Waals surface area contributed by atoms with Gasteiger partial charge in [-0.15, -0.1) is 11.3 Å². The van der Waals surface area contributed by atoms with Crippen molar-refractivity contribution in [3.05, 3.63) is 101 Å². The molecule has 1 saturated carbocycles. The molecule has 1 aromatic heterocycles. The van der Waals surface area contributed by atoms with Crippen LogP contribution >= 0.6 is 22.9 Å². The van der Waals surface area contributed by atoms with Crippen molar-refractivity contribution in [2.75, 3.05) is 27.2 Å². The van der Waals surface area contributed by atoms with Crippen molar-refractivity contribution in [2.45, 2.75) is 18.9 Å². The first-order valence-electron chi connectivity index (χ1n) is 13.9. The zero-order valence-electron chi connectivity index (χ0n) is 24.0. The van der Waals surface area contributed by atoms with Crippen LogP contribution in [0.2, 0.25) is 5.02 Å². The number of amides is 2. The molecule has 3 aromatic carbocycles. The summed E-state index contributed by atoms with van der Waals surface area (Å²) in [5, 5.41) is 1.03. The third-order valence-electron chi connectivity index (χ3n) is 6.99. The lowest BCUT2D eigenvalue weighted by Gasteiger charge is -2.32. The van der Waals surface area contributed by atoms with Gasteiger partial charge in [0, 0.05) is 44.0 Å². The number of aliphatic imine (C=N–C) groups is 1. The summed E-state index contributed by atoms with van der Waals surface area (Å²) < 4.78 is 34.0. The second-order valence-corrected chi connectivity index (χ2v) is 12.0. The normalized spacial score (nSPS) is 13.8. The molecular formula is C32H30ClF2N5O3S. The minimum Gasteiger partial charge on any atom is -0.447 e. The van der Waals surface area contributed by atoms with Gasteiger partial charge in [0.25, 0.3) is 5.91 Å². The lowest BCUT2D eigenvalue weighted by molar-refractivity contribution is 0.0659. The van der Waals surface area contributed by atoms with E-state index in [0.717, 1.165) is 40.3 Å². The molecule has 228 valence electrons. The fraction of sp³-hybridized carbons (Fsp3) is 0.250. The number of halogens is 3. The van der Waals surface area contributed by atoms with Gasteiger partial charge >= 0.3 is 6.09 Å². The van der Waals surface area contributed by atoms with Gasteiger partial charge < -0.3 is 15.4 Å². The number of thiazole rings is 1. The zero-order valence-corrected chi connectivity index (χ0v) is 25.6. The van der Waals surface area contributed by atoms with E-state index in [4.69, 9.17) is 22.1 Å². The summed E-state index contributed by atoms with van der Waals surface area (Å²) in [7, 11) is 3.04. The fourth-order valence-corrected chi connectivity index (χ4v) is 5.68.